The average molecular weight is 343 g/mol. The minimum absolute atomic E-state index is 0.318. The lowest BCUT2D eigenvalue weighted by Gasteiger charge is -2.32. The van der Waals surface area contributed by atoms with Crippen LogP contribution in [0.3, 0.4) is 0 Å². The second kappa shape index (κ2) is 5.25. The van der Waals surface area contributed by atoms with Crippen LogP contribution in [0.25, 0.3) is 4.48 Å². The topological polar surface area (TPSA) is 18.5 Å². The lowest BCUT2D eigenvalue weighted by molar-refractivity contribution is 0.00578. The molecule has 1 heterocycles. The van der Waals surface area contributed by atoms with Crippen molar-refractivity contribution in [2.45, 2.75) is 38.9 Å². The smallest absolute Gasteiger partial charge is 0.400 e. The van der Waals surface area contributed by atoms with E-state index in [-0.39, 0.29) is 18.3 Å². The second-order valence-electron chi connectivity index (χ2n) is 5.65. The van der Waals surface area contributed by atoms with Gasteiger partial charge in [0.1, 0.15) is 0 Å². The summed E-state index contributed by atoms with van der Waals surface area (Å²) in [5.41, 5.74) is 0.405. The van der Waals surface area contributed by atoms with Gasteiger partial charge in [-0.15, -0.1) is 0 Å². The molecule has 0 saturated carbocycles. The standard InChI is InChI=1S/C14H17BBrClO2/c1-13(2)14(3,4)19-15(18-13)9-12(16)10-5-7-11(17)8-6-10/h5-9H,1-4H3/b12-9-. The van der Waals surface area contributed by atoms with Crippen molar-refractivity contribution in [3.63, 3.8) is 0 Å². The molecule has 1 aromatic carbocycles. The zero-order chi connectivity index (χ0) is 14.3. The Morgan fingerprint density at radius 2 is 1.58 bits per heavy atom. The molecule has 2 rings (SSSR count). The molecule has 1 fully saturated rings. The maximum atomic E-state index is 5.93. The molecule has 0 spiro atoms. The summed E-state index contributed by atoms with van der Waals surface area (Å²) in [7, 11) is -0.352. The molecule has 1 aliphatic heterocycles. The molecule has 102 valence electrons. The van der Waals surface area contributed by atoms with Crippen LogP contribution in [0, 0.1) is 0 Å². The summed E-state index contributed by atoms with van der Waals surface area (Å²) in [5, 5.41) is 0.722. The van der Waals surface area contributed by atoms with Crippen LogP contribution in [0.1, 0.15) is 33.3 Å². The lowest BCUT2D eigenvalue weighted by atomic mass is 9.89. The van der Waals surface area contributed by atoms with Crippen LogP contribution in [0.4, 0.5) is 0 Å². The highest BCUT2D eigenvalue weighted by molar-refractivity contribution is 9.15. The fourth-order valence-corrected chi connectivity index (χ4v) is 2.39. The normalized spacial score (nSPS) is 21.8. The molecule has 1 saturated heterocycles. The summed E-state index contributed by atoms with van der Waals surface area (Å²) in [4.78, 5) is 0. The highest BCUT2D eigenvalue weighted by Crippen LogP contribution is 2.38. The van der Waals surface area contributed by atoms with E-state index < -0.39 is 0 Å². The monoisotopic (exact) mass is 342 g/mol. The molecular formula is C14H17BBrClO2. The van der Waals surface area contributed by atoms with E-state index in [1.54, 1.807) is 0 Å². The van der Waals surface area contributed by atoms with Gasteiger partial charge in [0.2, 0.25) is 0 Å². The van der Waals surface area contributed by atoms with Crippen LogP contribution in [0.5, 0.6) is 0 Å². The van der Waals surface area contributed by atoms with Gasteiger partial charge in [-0.05, 0) is 51.4 Å². The molecule has 0 amide bonds. The fraction of sp³-hybridized carbons (Fsp3) is 0.429. The van der Waals surface area contributed by atoms with Crippen LogP contribution in [0.2, 0.25) is 5.02 Å². The highest BCUT2D eigenvalue weighted by atomic mass is 79.9. The van der Waals surface area contributed by atoms with E-state index in [9.17, 15) is 0 Å². The minimum atomic E-state index is -0.352. The molecule has 2 nitrogen and oxygen atoms in total. The molecule has 19 heavy (non-hydrogen) atoms. The summed E-state index contributed by atoms with van der Waals surface area (Å²) in [6, 6.07) is 7.62. The average Bonchev–Trinajstić information content (AvgIpc) is 2.47. The number of hydrogen-bond donors (Lipinski definition) is 0. The van der Waals surface area contributed by atoms with Crippen molar-refractivity contribution in [1.82, 2.24) is 0 Å². The van der Waals surface area contributed by atoms with Crippen molar-refractivity contribution in [2.75, 3.05) is 0 Å². The Kier molecular flexibility index (Phi) is 4.17. The van der Waals surface area contributed by atoms with Gasteiger partial charge >= 0.3 is 7.12 Å². The van der Waals surface area contributed by atoms with E-state index in [1.807, 2.05) is 57.9 Å². The fourth-order valence-electron chi connectivity index (χ4n) is 1.78. The maximum absolute atomic E-state index is 5.93. The molecule has 0 aliphatic carbocycles. The van der Waals surface area contributed by atoms with Crippen LogP contribution < -0.4 is 0 Å². The van der Waals surface area contributed by atoms with Gasteiger partial charge in [-0.2, -0.15) is 0 Å². The van der Waals surface area contributed by atoms with E-state index in [1.165, 1.54) is 0 Å². The van der Waals surface area contributed by atoms with Gasteiger partial charge in [0.25, 0.3) is 0 Å². The predicted octanol–water partition coefficient (Wildman–Crippen LogP) is 4.71. The van der Waals surface area contributed by atoms with Crippen LogP contribution in [-0.4, -0.2) is 18.3 Å². The first-order valence-electron chi connectivity index (χ1n) is 6.20. The van der Waals surface area contributed by atoms with Crippen LogP contribution in [0.15, 0.2) is 30.2 Å². The van der Waals surface area contributed by atoms with Gasteiger partial charge in [-0.3, -0.25) is 0 Å². The third-order valence-electron chi connectivity index (χ3n) is 3.67. The summed E-state index contributed by atoms with van der Waals surface area (Å²) in [6.07, 6.45) is 0. The Hall–Kier alpha value is -0.285. The van der Waals surface area contributed by atoms with Crippen LogP contribution >= 0.6 is 27.5 Å². The van der Waals surface area contributed by atoms with Crippen molar-refractivity contribution in [3.8, 4) is 0 Å². The molecule has 1 aromatic rings. The summed E-state index contributed by atoms with van der Waals surface area (Å²) < 4.78 is 12.8. The molecular weight excluding hydrogens is 326 g/mol. The van der Waals surface area contributed by atoms with Gasteiger partial charge in [0, 0.05) is 9.51 Å². The third-order valence-corrected chi connectivity index (χ3v) is 4.65. The lowest BCUT2D eigenvalue weighted by Crippen LogP contribution is -2.41. The van der Waals surface area contributed by atoms with Crippen molar-refractivity contribution in [3.05, 3.63) is 40.8 Å². The second-order valence-corrected chi connectivity index (χ2v) is 6.94. The van der Waals surface area contributed by atoms with E-state index in [0.717, 1.165) is 15.1 Å². The zero-order valence-electron chi connectivity index (χ0n) is 11.5. The van der Waals surface area contributed by atoms with Gasteiger partial charge in [-0.25, -0.2) is 0 Å². The third kappa shape index (κ3) is 3.25. The minimum Gasteiger partial charge on any atom is -0.400 e. The Labute approximate surface area is 128 Å². The first kappa shape index (κ1) is 15.1. The summed E-state index contributed by atoms with van der Waals surface area (Å²) in [5.74, 6) is 1.93. The largest absolute Gasteiger partial charge is 0.488 e. The van der Waals surface area contributed by atoms with Crippen molar-refractivity contribution < 1.29 is 9.31 Å². The Balaban J connectivity index is 2.17. The van der Waals surface area contributed by atoms with E-state index >= 15 is 0 Å². The summed E-state index contributed by atoms with van der Waals surface area (Å²) >= 11 is 9.43. The van der Waals surface area contributed by atoms with E-state index in [0.29, 0.717) is 0 Å². The predicted molar refractivity (Wildman–Crippen MR) is 84.4 cm³/mol. The maximum Gasteiger partial charge on any atom is 0.488 e. The zero-order valence-corrected chi connectivity index (χ0v) is 13.9. The van der Waals surface area contributed by atoms with Crippen molar-refractivity contribution >= 4 is 39.1 Å². The Morgan fingerprint density at radius 1 is 1.11 bits per heavy atom. The molecule has 0 radical (unpaired) electrons. The molecule has 5 heteroatoms. The molecule has 0 N–H and O–H groups in total. The number of benzene rings is 1. The highest BCUT2D eigenvalue weighted by Gasteiger charge is 2.50. The molecule has 0 bridgehead atoms. The number of halogens is 2. The van der Waals surface area contributed by atoms with Gasteiger partial charge < -0.3 is 9.31 Å². The first-order chi connectivity index (χ1) is 8.71. The van der Waals surface area contributed by atoms with E-state index in [4.69, 9.17) is 20.9 Å². The Morgan fingerprint density at radius 3 is 2.05 bits per heavy atom. The van der Waals surface area contributed by atoms with E-state index in [2.05, 4.69) is 15.9 Å². The molecule has 0 aromatic heterocycles. The van der Waals surface area contributed by atoms with Crippen molar-refractivity contribution in [1.29, 1.82) is 0 Å². The number of rotatable bonds is 2. The summed E-state index contributed by atoms with van der Waals surface area (Å²) in [6.45, 7) is 8.15. The number of hydrogen-bond acceptors (Lipinski definition) is 2. The van der Waals surface area contributed by atoms with Crippen LogP contribution in [-0.2, 0) is 9.31 Å². The molecule has 0 atom stereocenters. The molecule has 1 aliphatic rings. The Bertz CT molecular complexity index is 481. The van der Waals surface area contributed by atoms with Crippen molar-refractivity contribution in [2.24, 2.45) is 0 Å². The van der Waals surface area contributed by atoms with Gasteiger partial charge in [-0.1, -0.05) is 39.7 Å². The van der Waals surface area contributed by atoms with Gasteiger partial charge in [0.05, 0.1) is 11.2 Å². The first-order valence-corrected chi connectivity index (χ1v) is 7.37. The molecule has 0 unspecified atom stereocenters. The SMILES string of the molecule is CC1(C)OB(/C=C(\Br)c2ccc(Cl)cc2)OC1(C)C. The van der Waals surface area contributed by atoms with Gasteiger partial charge in [0.15, 0.2) is 0 Å². The quantitative estimate of drug-likeness (QED) is 0.724.